The highest BCUT2D eigenvalue weighted by Crippen LogP contribution is 2.27. The summed E-state index contributed by atoms with van der Waals surface area (Å²) in [5.74, 6) is 1.70. The van der Waals surface area contributed by atoms with Crippen LogP contribution >= 0.6 is 0 Å². The Kier molecular flexibility index (Phi) is 3.82. The molecule has 0 bridgehead atoms. The topological polar surface area (TPSA) is 45.9 Å². The third-order valence-electron chi connectivity index (χ3n) is 2.97. The van der Waals surface area contributed by atoms with Crippen LogP contribution < -0.4 is 4.74 Å². The van der Waals surface area contributed by atoms with Gasteiger partial charge in [0.15, 0.2) is 11.4 Å². The number of ether oxygens (including phenoxy) is 1. The maximum absolute atomic E-state index is 8.98. The van der Waals surface area contributed by atoms with Gasteiger partial charge in [-0.3, -0.25) is 0 Å². The molecule has 0 radical (unpaired) electrons. The Labute approximate surface area is 113 Å². The fourth-order valence-electron chi connectivity index (χ4n) is 2.04. The molecule has 19 heavy (non-hydrogen) atoms. The third-order valence-corrected chi connectivity index (χ3v) is 2.97. The lowest BCUT2D eigenvalue weighted by molar-refractivity contribution is 0.477. The van der Waals surface area contributed by atoms with Gasteiger partial charge in [0.2, 0.25) is 0 Å². The van der Waals surface area contributed by atoms with Crippen molar-refractivity contribution in [2.75, 3.05) is 0 Å². The molecule has 0 N–H and O–H groups in total. The highest BCUT2D eigenvalue weighted by Gasteiger charge is 2.08. The number of hydrogen-bond donors (Lipinski definition) is 0. The molecule has 0 amide bonds. The van der Waals surface area contributed by atoms with E-state index in [1.54, 1.807) is 18.3 Å². The van der Waals surface area contributed by atoms with E-state index in [0.717, 1.165) is 5.75 Å². The molecule has 0 aliphatic rings. The van der Waals surface area contributed by atoms with Crippen LogP contribution in [0.15, 0.2) is 36.5 Å². The van der Waals surface area contributed by atoms with Gasteiger partial charge in [-0.15, -0.1) is 0 Å². The molecule has 0 saturated heterocycles. The van der Waals surface area contributed by atoms with Gasteiger partial charge in [-0.25, -0.2) is 4.98 Å². The molecular weight excluding hydrogens is 236 g/mol. The summed E-state index contributed by atoms with van der Waals surface area (Å²) in [4.78, 5) is 3.98. The highest BCUT2D eigenvalue weighted by atomic mass is 16.5. The van der Waals surface area contributed by atoms with Crippen molar-refractivity contribution in [1.29, 1.82) is 5.26 Å². The molecule has 0 spiro atoms. The van der Waals surface area contributed by atoms with Crippen LogP contribution in [0.3, 0.4) is 0 Å². The van der Waals surface area contributed by atoms with Crippen LogP contribution in [0, 0.1) is 18.3 Å². The van der Waals surface area contributed by atoms with E-state index < -0.39 is 0 Å². The Balaban J connectivity index is 2.30. The molecule has 1 aromatic heterocycles. The lowest BCUT2D eigenvalue weighted by Crippen LogP contribution is -1.94. The minimum Gasteiger partial charge on any atom is -0.454 e. The van der Waals surface area contributed by atoms with Gasteiger partial charge in [0.25, 0.3) is 0 Å². The molecule has 3 heteroatoms. The van der Waals surface area contributed by atoms with Gasteiger partial charge in [0, 0.05) is 6.20 Å². The zero-order valence-electron chi connectivity index (χ0n) is 11.3. The third kappa shape index (κ3) is 2.92. The van der Waals surface area contributed by atoms with Crippen molar-refractivity contribution in [3.8, 4) is 17.6 Å². The smallest absolute Gasteiger partial charge is 0.183 e. The molecule has 0 unspecified atom stereocenters. The SMILES string of the molecule is Cc1cc(Oc2cccnc2C#N)ccc1C(C)C. The molecular formula is C16H16N2O. The van der Waals surface area contributed by atoms with Gasteiger partial charge < -0.3 is 4.74 Å². The monoisotopic (exact) mass is 252 g/mol. The quantitative estimate of drug-likeness (QED) is 0.823. The Morgan fingerprint density at radius 1 is 1.26 bits per heavy atom. The number of nitriles is 1. The second-order valence-corrected chi connectivity index (χ2v) is 4.74. The average Bonchev–Trinajstić information content (AvgIpc) is 2.39. The van der Waals surface area contributed by atoms with Gasteiger partial charge in [-0.2, -0.15) is 5.26 Å². The second-order valence-electron chi connectivity index (χ2n) is 4.74. The standard InChI is InChI=1S/C16H16N2O/c1-11(2)14-7-6-13(9-12(14)3)19-16-5-4-8-18-15(16)10-17/h4-9,11H,1-3H3. The second kappa shape index (κ2) is 5.53. The normalized spacial score (nSPS) is 10.3. The molecule has 1 aromatic carbocycles. The van der Waals surface area contributed by atoms with Gasteiger partial charge in [-0.05, 0) is 48.2 Å². The predicted octanol–water partition coefficient (Wildman–Crippen LogP) is 4.18. The summed E-state index contributed by atoms with van der Waals surface area (Å²) in [6, 6.07) is 11.5. The Bertz CT molecular complexity index is 627. The van der Waals surface area contributed by atoms with Crippen LogP contribution in [0.25, 0.3) is 0 Å². The van der Waals surface area contributed by atoms with Gasteiger partial charge >= 0.3 is 0 Å². The summed E-state index contributed by atoms with van der Waals surface area (Å²) < 4.78 is 5.73. The number of pyridine rings is 1. The fourth-order valence-corrected chi connectivity index (χ4v) is 2.04. The van der Waals surface area contributed by atoms with E-state index in [0.29, 0.717) is 17.4 Å². The number of nitrogens with zero attached hydrogens (tertiary/aromatic N) is 2. The first-order valence-corrected chi connectivity index (χ1v) is 6.25. The van der Waals surface area contributed by atoms with Crippen molar-refractivity contribution in [3.63, 3.8) is 0 Å². The van der Waals surface area contributed by atoms with Crippen molar-refractivity contribution in [3.05, 3.63) is 53.3 Å². The number of aryl methyl sites for hydroxylation is 1. The lowest BCUT2D eigenvalue weighted by atomic mass is 9.98. The van der Waals surface area contributed by atoms with E-state index in [1.807, 2.05) is 18.2 Å². The van der Waals surface area contributed by atoms with Gasteiger partial charge in [0.05, 0.1) is 0 Å². The van der Waals surface area contributed by atoms with Crippen molar-refractivity contribution < 1.29 is 4.74 Å². The number of benzene rings is 1. The van der Waals surface area contributed by atoms with E-state index in [1.165, 1.54) is 11.1 Å². The van der Waals surface area contributed by atoms with Crippen molar-refractivity contribution in [2.24, 2.45) is 0 Å². The van der Waals surface area contributed by atoms with Crippen LogP contribution in [0.5, 0.6) is 11.5 Å². The molecule has 1 heterocycles. The summed E-state index contributed by atoms with van der Waals surface area (Å²) in [5.41, 5.74) is 2.79. The first-order chi connectivity index (χ1) is 9.11. The summed E-state index contributed by atoms with van der Waals surface area (Å²) in [5, 5.41) is 8.98. The number of aromatic nitrogens is 1. The van der Waals surface area contributed by atoms with Gasteiger partial charge in [-0.1, -0.05) is 19.9 Å². The van der Waals surface area contributed by atoms with Gasteiger partial charge in [0.1, 0.15) is 11.8 Å². The Morgan fingerprint density at radius 3 is 2.68 bits per heavy atom. The van der Waals surface area contributed by atoms with Crippen molar-refractivity contribution >= 4 is 0 Å². The first-order valence-electron chi connectivity index (χ1n) is 6.25. The molecule has 2 rings (SSSR count). The van der Waals surface area contributed by atoms with E-state index in [4.69, 9.17) is 10.00 Å². The fraction of sp³-hybridized carbons (Fsp3) is 0.250. The zero-order chi connectivity index (χ0) is 13.8. The zero-order valence-corrected chi connectivity index (χ0v) is 11.3. The van der Waals surface area contributed by atoms with E-state index >= 15 is 0 Å². The molecule has 0 fully saturated rings. The Morgan fingerprint density at radius 2 is 2.05 bits per heavy atom. The summed E-state index contributed by atoms with van der Waals surface area (Å²) in [6.07, 6.45) is 1.58. The van der Waals surface area contributed by atoms with Crippen LogP contribution in [-0.4, -0.2) is 4.98 Å². The minimum atomic E-state index is 0.299. The largest absolute Gasteiger partial charge is 0.454 e. The number of hydrogen-bond acceptors (Lipinski definition) is 3. The van der Waals surface area contributed by atoms with Crippen LogP contribution in [0.1, 0.15) is 36.6 Å². The van der Waals surface area contributed by atoms with Crippen molar-refractivity contribution in [1.82, 2.24) is 4.98 Å². The highest BCUT2D eigenvalue weighted by molar-refractivity contribution is 5.42. The predicted molar refractivity (Wildman–Crippen MR) is 74.3 cm³/mol. The molecule has 0 atom stereocenters. The number of rotatable bonds is 3. The molecule has 0 aliphatic heterocycles. The molecule has 0 saturated carbocycles. The molecule has 96 valence electrons. The maximum atomic E-state index is 8.98. The molecule has 0 aliphatic carbocycles. The summed E-state index contributed by atoms with van der Waals surface area (Å²) in [7, 11) is 0. The summed E-state index contributed by atoms with van der Waals surface area (Å²) >= 11 is 0. The van der Waals surface area contributed by atoms with Crippen LogP contribution in [-0.2, 0) is 0 Å². The average molecular weight is 252 g/mol. The summed E-state index contributed by atoms with van der Waals surface area (Å²) in [6.45, 7) is 6.40. The maximum Gasteiger partial charge on any atom is 0.183 e. The van der Waals surface area contributed by atoms with Crippen LogP contribution in [0.2, 0.25) is 0 Å². The Hall–Kier alpha value is -2.34. The van der Waals surface area contributed by atoms with E-state index in [9.17, 15) is 0 Å². The first kappa shape index (κ1) is 13.1. The van der Waals surface area contributed by atoms with E-state index in [2.05, 4.69) is 31.8 Å². The van der Waals surface area contributed by atoms with E-state index in [-0.39, 0.29) is 0 Å². The molecule has 3 nitrogen and oxygen atoms in total. The minimum absolute atomic E-state index is 0.299. The molecule has 2 aromatic rings. The lowest BCUT2D eigenvalue weighted by Gasteiger charge is -2.12. The van der Waals surface area contributed by atoms with Crippen LogP contribution in [0.4, 0.5) is 0 Å². The van der Waals surface area contributed by atoms with Crippen molar-refractivity contribution in [2.45, 2.75) is 26.7 Å².